The Balaban J connectivity index is 1.95. The van der Waals surface area contributed by atoms with Gasteiger partial charge in [-0.05, 0) is 62.0 Å². The van der Waals surface area contributed by atoms with Crippen molar-refractivity contribution in [2.75, 3.05) is 35.6 Å². The maximum atomic E-state index is 12.1. The number of hydrogen-bond acceptors (Lipinski definition) is 3. The van der Waals surface area contributed by atoms with E-state index in [9.17, 15) is 9.59 Å². The van der Waals surface area contributed by atoms with Crippen LogP contribution in [0.5, 0.6) is 0 Å². The summed E-state index contributed by atoms with van der Waals surface area (Å²) in [6.07, 6.45) is 0. The molecule has 0 aliphatic rings. The third-order valence-corrected chi connectivity index (χ3v) is 4.34. The molecule has 0 radical (unpaired) electrons. The molecule has 3 N–H and O–H groups in total. The van der Waals surface area contributed by atoms with Crippen molar-refractivity contribution in [2.24, 2.45) is 0 Å². The predicted molar refractivity (Wildman–Crippen MR) is 112 cm³/mol. The zero-order valence-corrected chi connectivity index (χ0v) is 16.6. The first-order chi connectivity index (χ1) is 12.9. The molecule has 0 heterocycles. The lowest BCUT2D eigenvalue weighted by molar-refractivity contribution is -0.117. The van der Waals surface area contributed by atoms with Crippen molar-refractivity contribution in [3.63, 3.8) is 0 Å². The van der Waals surface area contributed by atoms with Crippen LogP contribution in [-0.2, 0) is 4.79 Å². The van der Waals surface area contributed by atoms with Crippen LogP contribution in [0.3, 0.4) is 0 Å². The van der Waals surface area contributed by atoms with Crippen molar-refractivity contribution in [1.82, 2.24) is 4.90 Å². The molecule has 0 bridgehead atoms. The maximum absolute atomic E-state index is 12.1. The zero-order valence-electron chi connectivity index (χ0n) is 15.8. The number of likely N-dealkylation sites (N-methyl/N-ethyl adjacent to an activating group) is 1. The van der Waals surface area contributed by atoms with Crippen molar-refractivity contribution in [3.8, 4) is 0 Å². The van der Waals surface area contributed by atoms with Crippen LogP contribution in [-0.4, -0.2) is 36.5 Å². The molecule has 0 saturated carbocycles. The first kappa shape index (κ1) is 20.7. The van der Waals surface area contributed by atoms with Crippen LogP contribution < -0.4 is 16.0 Å². The van der Waals surface area contributed by atoms with E-state index >= 15 is 0 Å². The smallest absolute Gasteiger partial charge is 0.323 e. The monoisotopic (exact) mass is 388 g/mol. The quantitative estimate of drug-likeness (QED) is 0.650. The number of halogens is 1. The molecule has 27 heavy (non-hydrogen) atoms. The van der Waals surface area contributed by atoms with Crippen molar-refractivity contribution in [2.45, 2.75) is 20.8 Å². The largest absolute Gasteiger partial charge is 0.325 e. The minimum Gasteiger partial charge on any atom is -0.325 e. The Bertz CT molecular complexity index is 806. The minimum atomic E-state index is -0.366. The first-order valence-electron chi connectivity index (χ1n) is 8.87. The molecule has 0 atom stereocenters. The van der Waals surface area contributed by atoms with Crippen LogP contribution in [0.2, 0.25) is 5.02 Å². The molecular formula is C20H25ClN4O2. The van der Waals surface area contributed by atoms with Gasteiger partial charge in [-0.25, -0.2) is 4.79 Å². The van der Waals surface area contributed by atoms with Gasteiger partial charge in [-0.15, -0.1) is 0 Å². The van der Waals surface area contributed by atoms with Crippen LogP contribution in [0.1, 0.15) is 19.4 Å². The van der Waals surface area contributed by atoms with Gasteiger partial charge < -0.3 is 16.0 Å². The molecule has 144 valence electrons. The lowest BCUT2D eigenvalue weighted by atomic mass is 10.1. The van der Waals surface area contributed by atoms with Gasteiger partial charge >= 0.3 is 6.03 Å². The fraction of sp³-hybridized carbons (Fsp3) is 0.300. The number of nitrogens with zero attached hydrogens (tertiary/aromatic N) is 1. The van der Waals surface area contributed by atoms with E-state index in [0.29, 0.717) is 22.9 Å². The van der Waals surface area contributed by atoms with Crippen LogP contribution >= 0.6 is 11.6 Å². The molecular weight excluding hydrogens is 364 g/mol. The fourth-order valence-electron chi connectivity index (χ4n) is 2.58. The van der Waals surface area contributed by atoms with Gasteiger partial charge in [0.15, 0.2) is 0 Å². The second kappa shape index (κ2) is 9.94. The number of carbonyl (C=O) groups excluding carboxylic acids is 2. The zero-order chi connectivity index (χ0) is 19.8. The number of nitrogens with one attached hydrogen (secondary N) is 3. The summed E-state index contributed by atoms with van der Waals surface area (Å²) >= 11 is 5.91. The van der Waals surface area contributed by atoms with E-state index in [0.717, 1.165) is 24.3 Å². The molecule has 0 fully saturated rings. The summed E-state index contributed by atoms with van der Waals surface area (Å²) in [5.41, 5.74) is 2.84. The van der Waals surface area contributed by atoms with Gasteiger partial charge in [0.05, 0.1) is 6.54 Å². The third kappa shape index (κ3) is 6.58. The molecule has 0 aromatic heterocycles. The topological polar surface area (TPSA) is 73.5 Å². The van der Waals surface area contributed by atoms with E-state index in [2.05, 4.69) is 16.0 Å². The maximum Gasteiger partial charge on any atom is 0.323 e. The second-order valence-corrected chi connectivity index (χ2v) is 6.57. The number of anilines is 3. The Labute approximate surface area is 164 Å². The van der Waals surface area contributed by atoms with Gasteiger partial charge in [0.25, 0.3) is 0 Å². The van der Waals surface area contributed by atoms with Crippen molar-refractivity contribution >= 4 is 40.6 Å². The number of benzene rings is 2. The van der Waals surface area contributed by atoms with Crippen LogP contribution in [0.4, 0.5) is 21.9 Å². The average Bonchev–Trinajstić information content (AvgIpc) is 2.62. The molecule has 3 amide bonds. The lowest BCUT2D eigenvalue weighted by Crippen LogP contribution is -2.33. The Morgan fingerprint density at radius 2 is 1.63 bits per heavy atom. The Morgan fingerprint density at radius 3 is 2.22 bits per heavy atom. The molecule has 0 spiro atoms. The van der Waals surface area contributed by atoms with Gasteiger partial charge in [0.1, 0.15) is 0 Å². The van der Waals surface area contributed by atoms with Crippen LogP contribution in [0, 0.1) is 6.92 Å². The number of urea groups is 1. The van der Waals surface area contributed by atoms with Gasteiger partial charge in [-0.2, -0.15) is 0 Å². The van der Waals surface area contributed by atoms with Gasteiger partial charge in [0.2, 0.25) is 5.91 Å². The molecule has 0 aliphatic heterocycles. The molecule has 2 aromatic rings. The van der Waals surface area contributed by atoms with E-state index in [1.807, 2.05) is 31.7 Å². The number of carbonyl (C=O) groups is 2. The predicted octanol–water partition coefficient (Wildman–Crippen LogP) is 4.57. The van der Waals surface area contributed by atoms with E-state index < -0.39 is 0 Å². The molecule has 0 saturated heterocycles. The molecule has 0 unspecified atom stereocenters. The highest BCUT2D eigenvalue weighted by molar-refractivity contribution is 6.30. The van der Waals surface area contributed by atoms with E-state index in [1.54, 1.807) is 36.4 Å². The third-order valence-electron chi connectivity index (χ3n) is 4.10. The lowest BCUT2D eigenvalue weighted by Gasteiger charge is -2.18. The molecule has 7 heteroatoms. The summed E-state index contributed by atoms with van der Waals surface area (Å²) in [4.78, 5) is 26.3. The normalized spacial score (nSPS) is 10.6. The summed E-state index contributed by atoms with van der Waals surface area (Å²) < 4.78 is 0. The van der Waals surface area contributed by atoms with Crippen molar-refractivity contribution in [1.29, 1.82) is 0 Å². The van der Waals surface area contributed by atoms with Gasteiger partial charge in [-0.1, -0.05) is 31.5 Å². The fourth-order valence-corrected chi connectivity index (χ4v) is 2.77. The summed E-state index contributed by atoms with van der Waals surface area (Å²) in [5.74, 6) is -0.0544. The first-order valence-corrected chi connectivity index (χ1v) is 9.25. The average molecular weight is 389 g/mol. The molecule has 2 aromatic carbocycles. The van der Waals surface area contributed by atoms with Crippen LogP contribution in [0.15, 0.2) is 42.5 Å². The molecule has 6 nitrogen and oxygen atoms in total. The van der Waals surface area contributed by atoms with E-state index in [-0.39, 0.29) is 11.9 Å². The highest BCUT2D eigenvalue weighted by atomic mass is 35.5. The number of hydrogen-bond donors (Lipinski definition) is 3. The number of rotatable bonds is 7. The molecule has 0 aliphatic carbocycles. The summed E-state index contributed by atoms with van der Waals surface area (Å²) in [6.45, 7) is 7.94. The summed E-state index contributed by atoms with van der Waals surface area (Å²) in [5, 5.41) is 8.95. The van der Waals surface area contributed by atoms with Crippen LogP contribution in [0.25, 0.3) is 0 Å². The second-order valence-electron chi connectivity index (χ2n) is 6.13. The Hall–Kier alpha value is -2.57. The standard InChI is InChI=1S/C20H25ClN4O2/c1-4-25(5-2)13-19(26)24-18-10-9-17(11-14(18)3)23-20(27)22-16-8-6-7-15(21)12-16/h6-12H,4-5,13H2,1-3H3,(H,24,26)(H2,22,23,27). The Morgan fingerprint density at radius 1 is 0.963 bits per heavy atom. The Kier molecular flexibility index (Phi) is 7.64. The minimum absolute atomic E-state index is 0.0544. The summed E-state index contributed by atoms with van der Waals surface area (Å²) in [7, 11) is 0. The van der Waals surface area contributed by atoms with E-state index in [1.165, 1.54) is 0 Å². The number of amides is 3. The van der Waals surface area contributed by atoms with Crippen molar-refractivity contribution < 1.29 is 9.59 Å². The highest BCUT2D eigenvalue weighted by Gasteiger charge is 2.10. The highest BCUT2D eigenvalue weighted by Crippen LogP contribution is 2.20. The number of aryl methyl sites for hydroxylation is 1. The van der Waals surface area contributed by atoms with E-state index in [4.69, 9.17) is 11.6 Å². The van der Waals surface area contributed by atoms with Crippen molar-refractivity contribution in [3.05, 3.63) is 53.1 Å². The van der Waals surface area contributed by atoms with Gasteiger partial charge in [-0.3, -0.25) is 9.69 Å². The SMILES string of the molecule is CCN(CC)CC(=O)Nc1ccc(NC(=O)Nc2cccc(Cl)c2)cc1C. The summed E-state index contributed by atoms with van der Waals surface area (Å²) in [6, 6.07) is 11.9. The molecule has 2 rings (SSSR count). The van der Waals surface area contributed by atoms with Gasteiger partial charge in [0, 0.05) is 22.1 Å².